The summed E-state index contributed by atoms with van der Waals surface area (Å²) in [7, 11) is -1.71. The van der Waals surface area contributed by atoms with Crippen LogP contribution in [0.15, 0.2) is 48.5 Å². The number of nitrogens with one attached hydrogen (secondary N) is 1. The molecule has 0 radical (unpaired) electrons. The van der Waals surface area contributed by atoms with Crippen molar-refractivity contribution >= 4 is 14.4 Å². The number of rotatable bonds is 40. The van der Waals surface area contributed by atoms with Crippen molar-refractivity contribution in [2.45, 2.75) is 51.2 Å². The van der Waals surface area contributed by atoms with E-state index in [1.165, 1.54) is 22.3 Å². The molecule has 16 heteroatoms. The Balaban J connectivity index is 0.925. The molecular weight excluding hydrogens is 819 g/mol. The molecule has 15 nitrogen and oxygen atoms in total. The molecule has 0 atom stereocenters. The second kappa shape index (κ2) is 33.9. The van der Waals surface area contributed by atoms with E-state index in [2.05, 4.69) is 63.4 Å². The molecule has 1 aliphatic carbocycles. The summed E-state index contributed by atoms with van der Waals surface area (Å²) in [6.07, 6.45) is 0.268. The zero-order valence-corrected chi connectivity index (χ0v) is 39.3. The van der Waals surface area contributed by atoms with Crippen molar-refractivity contribution in [1.82, 2.24) is 5.32 Å². The number of carbonyl (C=O) groups is 1. The number of carbonyl (C=O) groups excluding carboxylic acids is 1. The quantitative estimate of drug-likeness (QED) is 0.0605. The van der Waals surface area contributed by atoms with Crippen LogP contribution in [-0.4, -0.2) is 180 Å². The van der Waals surface area contributed by atoms with Crippen molar-refractivity contribution < 1.29 is 66.1 Å². The van der Waals surface area contributed by atoms with Crippen LogP contribution in [-0.2, 0) is 61.3 Å². The fourth-order valence-electron chi connectivity index (χ4n) is 5.89. The second-order valence-electron chi connectivity index (χ2n) is 16.0. The second-order valence-corrected chi connectivity index (χ2v) is 20.8. The standard InChI is InChI=1S/C46H77NO14Si/c1-46(2,3)62(4,5)61-38-37-59-36-35-58-34-33-57-32-31-56-30-29-55-28-27-54-26-25-53-24-23-52-22-21-51-20-19-50-18-17-49-16-10-15-47-45(48)60-39-44-42-13-8-6-11-40(42)41-12-7-9-14-43(41)44/h6-9,11-14,44H,10,15-39H2,1-5H3,(H,47,48). The predicted molar refractivity (Wildman–Crippen MR) is 240 cm³/mol. The van der Waals surface area contributed by atoms with Gasteiger partial charge in [-0.25, -0.2) is 4.79 Å². The van der Waals surface area contributed by atoms with E-state index in [9.17, 15) is 4.79 Å². The number of alkyl carbamates (subject to hydrolysis) is 1. The molecule has 0 fully saturated rings. The Morgan fingerprint density at radius 3 is 1.13 bits per heavy atom. The molecule has 1 amide bonds. The topological polar surface area (TPSA) is 149 Å². The SMILES string of the molecule is CC(C)(C)[Si](C)(C)OCCOCCOCCOCCOCCOCCOCCOCCOCCOCCOCCOCCCNC(=O)OCC1c2ccccc2-c2ccccc21. The molecule has 0 spiro atoms. The summed E-state index contributed by atoms with van der Waals surface area (Å²) in [5, 5.41) is 3.02. The lowest BCUT2D eigenvalue weighted by atomic mass is 9.98. The first-order valence-corrected chi connectivity index (χ1v) is 25.2. The van der Waals surface area contributed by atoms with Crippen LogP contribution in [0.4, 0.5) is 4.79 Å². The molecule has 2 aromatic rings. The maximum absolute atomic E-state index is 12.3. The Labute approximate surface area is 372 Å². The number of ether oxygens (including phenoxy) is 12. The number of hydrogen-bond acceptors (Lipinski definition) is 14. The third kappa shape index (κ3) is 23.9. The number of amides is 1. The lowest BCUT2D eigenvalue weighted by molar-refractivity contribution is -0.0277. The molecule has 0 heterocycles. The van der Waals surface area contributed by atoms with Gasteiger partial charge in [-0.15, -0.1) is 0 Å². The highest BCUT2D eigenvalue weighted by Gasteiger charge is 2.37. The highest BCUT2D eigenvalue weighted by atomic mass is 28.4. The Kier molecular flexibility index (Phi) is 29.4. The van der Waals surface area contributed by atoms with Gasteiger partial charge in [0, 0.05) is 19.1 Å². The van der Waals surface area contributed by atoms with Gasteiger partial charge < -0.3 is 66.6 Å². The molecule has 3 rings (SSSR count). The Morgan fingerprint density at radius 2 is 0.790 bits per heavy atom. The van der Waals surface area contributed by atoms with Crippen LogP contribution in [0, 0.1) is 0 Å². The first-order valence-electron chi connectivity index (χ1n) is 22.3. The average Bonchev–Trinajstić information content (AvgIpc) is 3.58. The molecular formula is C46H77NO14Si. The van der Waals surface area contributed by atoms with Gasteiger partial charge >= 0.3 is 6.09 Å². The van der Waals surface area contributed by atoms with Gasteiger partial charge in [0.05, 0.1) is 145 Å². The lowest BCUT2D eigenvalue weighted by Crippen LogP contribution is -2.41. The van der Waals surface area contributed by atoms with Crippen LogP contribution in [0.5, 0.6) is 0 Å². The summed E-state index contributed by atoms with van der Waals surface area (Å²) >= 11 is 0. The van der Waals surface area contributed by atoms with E-state index in [0.717, 1.165) is 0 Å². The molecule has 354 valence electrons. The van der Waals surface area contributed by atoms with Crippen LogP contribution >= 0.6 is 0 Å². The van der Waals surface area contributed by atoms with Gasteiger partial charge in [-0.1, -0.05) is 69.3 Å². The monoisotopic (exact) mass is 896 g/mol. The van der Waals surface area contributed by atoms with Crippen LogP contribution in [0.2, 0.25) is 18.1 Å². The van der Waals surface area contributed by atoms with Gasteiger partial charge in [0.2, 0.25) is 0 Å². The normalized spacial score (nSPS) is 12.8. The van der Waals surface area contributed by atoms with E-state index in [4.69, 9.17) is 61.3 Å². The van der Waals surface area contributed by atoms with E-state index in [-0.39, 0.29) is 11.0 Å². The molecule has 0 saturated carbocycles. The number of fused-ring (bicyclic) bond motifs is 3. The summed E-state index contributed by atoms with van der Waals surface area (Å²) in [6, 6.07) is 16.6. The number of benzene rings is 2. The molecule has 0 unspecified atom stereocenters. The van der Waals surface area contributed by atoms with Crippen LogP contribution in [0.3, 0.4) is 0 Å². The van der Waals surface area contributed by atoms with Gasteiger partial charge in [-0.3, -0.25) is 0 Å². The number of hydrogen-bond donors (Lipinski definition) is 1. The van der Waals surface area contributed by atoms with Gasteiger partial charge in [0.1, 0.15) is 6.61 Å². The summed E-state index contributed by atoms with van der Waals surface area (Å²) in [5.74, 6) is 0.0478. The molecule has 0 saturated heterocycles. The molecule has 1 N–H and O–H groups in total. The van der Waals surface area contributed by atoms with Crippen molar-refractivity contribution in [3.8, 4) is 11.1 Å². The zero-order chi connectivity index (χ0) is 44.4. The predicted octanol–water partition coefficient (Wildman–Crippen LogP) is 6.12. The van der Waals surface area contributed by atoms with Gasteiger partial charge in [-0.05, 0) is 46.8 Å². The minimum atomic E-state index is -1.71. The Morgan fingerprint density at radius 1 is 0.484 bits per heavy atom. The van der Waals surface area contributed by atoms with Crippen LogP contribution < -0.4 is 5.32 Å². The van der Waals surface area contributed by atoms with Crippen molar-refractivity contribution in [2.75, 3.05) is 165 Å². The van der Waals surface area contributed by atoms with E-state index in [0.29, 0.717) is 172 Å². The van der Waals surface area contributed by atoms with Crippen molar-refractivity contribution in [3.63, 3.8) is 0 Å². The highest BCUT2D eigenvalue weighted by Crippen LogP contribution is 2.44. The van der Waals surface area contributed by atoms with Crippen molar-refractivity contribution in [2.24, 2.45) is 0 Å². The van der Waals surface area contributed by atoms with E-state index < -0.39 is 14.4 Å². The van der Waals surface area contributed by atoms with Gasteiger partial charge in [-0.2, -0.15) is 0 Å². The smallest absolute Gasteiger partial charge is 0.407 e. The maximum Gasteiger partial charge on any atom is 0.407 e. The average molecular weight is 896 g/mol. The minimum absolute atomic E-state index is 0.0478. The van der Waals surface area contributed by atoms with E-state index in [1.807, 2.05) is 24.3 Å². The van der Waals surface area contributed by atoms with Crippen molar-refractivity contribution in [1.29, 1.82) is 0 Å². The molecule has 0 bridgehead atoms. The van der Waals surface area contributed by atoms with Gasteiger partial charge in [0.25, 0.3) is 0 Å². The van der Waals surface area contributed by atoms with Crippen molar-refractivity contribution in [3.05, 3.63) is 59.7 Å². The Hall–Kier alpha value is -2.55. The molecule has 0 aromatic heterocycles. The fourth-order valence-corrected chi connectivity index (χ4v) is 6.91. The minimum Gasteiger partial charge on any atom is -0.449 e. The molecule has 1 aliphatic rings. The van der Waals surface area contributed by atoms with Gasteiger partial charge in [0.15, 0.2) is 8.32 Å². The fraction of sp³-hybridized carbons (Fsp3) is 0.717. The third-order valence-electron chi connectivity index (χ3n) is 10.3. The third-order valence-corrected chi connectivity index (χ3v) is 14.8. The maximum atomic E-state index is 12.3. The molecule has 2 aromatic carbocycles. The van der Waals surface area contributed by atoms with Crippen LogP contribution in [0.1, 0.15) is 44.2 Å². The Bertz CT molecular complexity index is 1370. The zero-order valence-electron chi connectivity index (χ0n) is 38.3. The summed E-state index contributed by atoms with van der Waals surface area (Å²) in [5.41, 5.74) is 4.81. The van der Waals surface area contributed by atoms with E-state index in [1.54, 1.807) is 0 Å². The lowest BCUT2D eigenvalue weighted by Gasteiger charge is -2.36. The molecule has 62 heavy (non-hydrogen) atoms. The largest absolute Gasteiger partial charge is 0.449 e. The van der Waals surface area contributed by atoms with E-state index >= 15 is 0 Å². The van der Waals surface area contributed by atoms with Crippen LogP contribution in [0.25, 0.3) is 11.1 Å². The molecule has 0 aliphatic heterocycles. The first-order chi connectivity index (χ1) is 30.2. The highest BCUT2D eigenvalue weighted by molar-refractivity contribution is 6.74. The summed E-state index contributed by atoms with van der Waals surface area (Å²) < 4.78 is 72.6. The summed E-state index contributed by atoms with van der Waals surface area (Å²) in [4.78, 5) is 12.3. The summed E-state index contributed by atoms with van der Waals surface area (Å²) in [6.45, 7) is 23.7. The first kappa shape index (κ1) is 53.8.